The van der Waals surface area contributed by atoms with E-state index in [2.05, 4.69) is 25.9 Å². The number of nitrogens with zero attached hydrogens (tertiary/aromatic N) is 3. The molecule has 2 aliphatic heterocycles. The predicted molar refractivity (Wildman–Crippen MR) is 123 cm³/mol. The Hall–Kier alpha value is -2.84. The number of rotatable bonds is 5. The normalized spacial score (nSPS) is 19.6. The molecule has 4 N–H and O–H groups in total. The number of carbonyl (C=O) groups excluding carboxylic acids is 1. The number of hydrogen-bond acceptors (Lipinski definition) is 6. The van der Waals surface area contributed by atoms with E-state index >= 15 is 0 Å². The Bertz CT molecular complexity index is 1070. The Kier molecular flexibility index (Phi) is 5.65. The molecule has 0 spiro atoms. The predicted octanol–water partition coefficient (Wildman–Crippen LogP) is 3.37. The number of aromatic amines is 1. The first-order valence-electron chi connectivity index (χ1n) is 10.8. The van der Waals surface area contributed by atoms with E-state index in [1.807, 2.05) is 41.4 Å². The van der Waals surface area contributed by atoms with Crippen LogP contribution in [-0.2, 0) is 4.79 Å². The molecule has 5 rings (SSSR count). The summed E-state index contributed by atoms with van der Waals surface area (Å²) in [5.41, 5.74) is 1.60. The first kappa shape index (κ1) is 20.1. The van der Waals surface area contributed by atoms with Crippen molar-refractivity contribution in [1.29, 1.82) is 0 Å². The summed E-state index contributed by atoms with van der Waals surface area (Å²) in [6.07, 6.45) is 4.62. The minimum Gasteiger partial charge on any atom is -0.366 e. The molecule has 1 unspecified atom stereocenters. The van der Waals surface area contributed by atoms with Crippen molar-refractivity contribution in [3.63, 3.8) is 0 Å². The van der Waals surface area contributed by atoms with Gasteiger partial charge in [-0.1, -0.05) is 17.7 Å². The van der Waals surface area contributed by atoms with Gasteiger partial charge in [0.2, 0.25) is 11.9 Å². The van der Waals surface area contributed by atoms with Crippen LogP contribution >= 0.6 is 11.6 Å². The average molecular weight is 440 g/mol. The number of piperidine rings is 1. The van der Waals surface area contributed by atoms with E-state index in [4.69, 9.17) is 16.6 Å². The smallest absolute Gasteiger partial charge is 0.231 e. The Balaban J connectivity index is 1.28. The van der Waals surface area contributed by atoms with Gasteiger partial charge in [-0.15, -0.1) is 0 Å². The first-order chi connectivity index (χ1) is 15.2. The number of benzene rings is 1. The standard InChI is InChI=1S/C22H26ClN7O/c23-15-2-1-3-17(12-15)27-22-28-19-18(5-9-25-19)20(29-22)26-16-6-10-30(11-7-16)21(31)14-4-8-24-13-14/h1-3,5,9,12,14,16,24H,4,6-8,10-11,13H2,(H3,25,26,27,28,29). The van der Waals surface area contributed by atoms with Crippen LogP contribution < -0.4 is 16.0 Å². The molecule has 1 atom stereocenters. The highest BCUT2D eigenvalue weighted by atomic mass is 35.5. The summed E-state index contributed by atoms with van der Waals surface area (Å²) >= 11 is 6.09. The molecule has 0 saturated carbocycles. The summed E-state index contributed by atoms with van der Waals surface area (Å²) in [4.78, 5) is 27.2. The summed E-state index contributed by atoms with van der Waals surface area (Å²) in [5.74, 6) is 1.74. The molecular weight excluding hydrogens is 414 g/mol. The molecule has 2 aliphatic rings. The van der Waals surface area contributed by atoms with E-state index in [1.165, 1.54) is 0 Å². The van der Waals surface area contributed by atoms with Crippen LogP contribution in [0.1, 0.15) is 19.3 Å². The van der Waals surface area contributed by atoms with Gasteiger partial charge in [0.25, 0.3) is 0 Å². The van der Waals surface area contributed by atoms with Crippen LogP contribution in [0, 0.1) is 5.92 Å². The Morgan fingerprint density at radius 3 is 2.81 bits per heavy atom. The van der Waals surface area contributed by atoms with Crippen molar-refractivity contribution in [2.45, 2.75) is 25.3 Å². The lowest BCUT2D eigenvalue weighted by Gasteiger charge is -2.34. The number of amides is 1. The minimum atomic E-state index is 0.144. The van der Waals surface area contributed by atoms with Crippen LogP contribution in [0.4, 0.5) is 17.5 Å². The first-order valence-corrected chi connectivity index (χ1v) is 11.2. The van der Waals surface area contributed by atoms with Crippen molar-refractivity contribution in [3.05, 3.63) is 41.6 Å². The third-order valence-corrected chi connectivity index (χ3v) is 6.29. The van der Waals surface area contributed by atoms with Gasteiger partial charge >= 0.3 is 0 Å². The lowest BCUT2D eigenvalue weighted by Crippen LogP contribution is -2.45. The maximum Gasteiger partial charge on any atom is 0.231 e. The quantitative estimate of drug-likeness (QED) is 0.486. The summed E-state index contributed by atoms with van der Waals surface area (Å²) in [5, 5.41) is 11.7. The molecule has 1 aromatic carbocycles. The largest absolute Gasteiger partial charge is 0.366 e. The average Bonchev–Trinajstić information content (AvgIpc) is 3.46. The minimum absolute atomic E-state index is 0.144. The molecule has 0 aliphatic carbocycles. The Morgan fingerprint density at radius 1 is 1.16 bits per heavy atom. The van der Waals surface area contributed by atoms with Gasteiger partial charge in [0.15, 0.2) is 0 Å². The number of carbonyl (C=O) groups is 1. The SMILES string of the molecule is O=C(C1CCNC1)N1CCC(Nc2nc(Nc3cccc(Cl)c3)nc3[nH]ccc23)CC1. The molecule has 162 valence electrons. The second kappa shape index (κ2) is 8.72. The Morgan fingerprint density at radius 2 is 2.03 bits per heavy atom. The summed E-state index contributed by atoms with van der Waals surface area (Å²) in [6, 6.07) is 9.71. The number of halogens is 1. The van der Waals surface area contributed by atoms with Crippen LogP contribution in [0.5, 0.6) is 0 Å². The van der Waals surface area contributed by atoms with Crippen molar-refractivity contribution >= 4 is 46.0 Å². The van der Waals surface area contributed by atoms with E-state index in [1.54, 1.807) is 0 Å². The summed E-state index contributed by atoms with van der Waals surface area (Å²) in [6.45, 7) is 3.32. The van der Waals surface area contributed by atoms with Crippen molar-refractivity contribution in [2.24, 2.45) is 5.92 Å². The van der Waals surface area contributed by atoms with Crippen LogP contribution in [0.25, 0.3) is 11.0 Å². The summed E-state index contributed by atoms with van der Waals surface area (Å²) < 4.78 is 0. The van der Waals surface area contributed by atoms with Gasteiger partial charge in [0, 0.05) is 42.6 Å². The number of likely N-dealkylation sites (tertiary alicyclic amines) is 1. The lowest BCUT2D eigenvalue weighted by molar-refractivity contribution is -0.135. The zero-order chi connectivity index (χ0) is 21.2. The van der Waals surface area contributed by atoms with Gasteiger partial charge in [0.1, 0.15) is 11.5 Å². The molecule has 9 heteroatoms. The number of H-pyrrole nitrogens is 1. The molecular formula is C22H26ClN7O. The lowest BCUT2D eigenvalue weighted by atomic mass is 10.0. The van der Waals surface area contributed by atoms with Gasteiger partial charge < -0.3 is 25.8 Å². The monoisotopic (exact) mass is 439 g/mol. The van der Waals surface area contributed by atoms with E-state index in [9.17, 15) is 4.79 Å². The summed E-state index contributed by atoms with van der Waals surface area (Å²) in [7, 11) is 0. The molecule has 0 bridgehead atoms. The number of anilines is 3. The maximum absolute atomic E-state index is 12.7. The fourth-order valence-corrected chi connectivity index (χ4v) is 4.55. The number of fused-ring (bicyclic) bond motifs is 1. The molecule has 4 heterocycles. The third kappa shape index (κ3) is 4.45. The zero-order valence-electron chi connectivity index (χ0n) is 17.2. The zero-order valence-corrected chi connectivity index (χ0v) is 18.0. The Labute approximate surface area is 185 Å². The fourth-order valence-electron chi connectivity index (χ4n) is 4.36. The van der Waals surface area contributed by atoms with Gasteiger partial charge in [-0.3, -0.25) is 4.79 Å². The third-order valence-electron chi connectivity index (χ3n) is 6.05. The molecule has 0 radical (unpaired) electrons. The molecule has 2 aromatic heterocycles. The van der Waals surface area contributed by atoms with Crippen LogP contribution in [0.2, 0.25) is 5.02 Å². The van der Waals surface area contributed by atoms with Crippen LogP contribution in [0.15, 0.2) is 36.5 Å². The topological polar surface area (TPSA) is 98.0 Å². The van der Waals surface area contributed by atoms with Crippen molar-refractivity contribution in [2.75, 3.05) is 36.8 Å². The molecule has 31 heavy (non-hydrogen) atoms. The van der Waals surface area contributed by atoms with Crippen molar-refractivity contribution in [1.82, 2.24) is 25.2 Å². The number of hydrogen-bond donors (Lipinski definition) is 4. The van der Waals surface area contributed by atoms with E-state index in [-0.39, 0.29) is 12.0 Å². The number of aromatic nitrogens is 3. The molecule has 3 aromatic rings. The molecule has 1 amide bonds. The van der Waals surface area contributed by atoms with Gasteiger partial charge in [-0.25, -0.2) is 0 Å². The van der Waals surface area contributed by atoms with Crippen LogP contribution in [-0.4, -0.2) is 58.0 Å². The highest BCUT2D eigenvalue weighted by Crippen LogP contribution is 2.26. The van der Waals surface area contributed by atoms with Gasteiger partial charge in [-0.2, -0.15) is 9.97 Å². The van der Waals surface area contributed by atoms with E-state index in [0.717, 1.165) is 68.0 Å². The molecule has 2 saturated heterocycles. The van der Waals surface area contributed by atoms with Crippen LogP contribution in [0.3, 0.4) is 0 Å². The van der Waals surface area contributed by atoms with Gasteiger partial charge in [0.05, 0.1) is 11.3 Å². The van der Waals surface area contributed by atoms with Gasteiger partial charge in [-0.05, 0) is 50.1 Å². The second-order valence-corrected chi connectivity index (χ2v) is 8.64. The number of nitrogens with one attached hydrogen (secondary N) is 4. The molecule has 8 nitrogen and oxygen atoms in total. The van der Waals surface area contributed by atoms with E-state index < -0.39 is 0 Å². The highest BCUT2D eigenvalue weighted by Gasteiger charge is 2.30. The van der Waals surface area contributed by atoms with E-state index in [0.29, 0.717) is 16.9 Å². The fraction of sp³-hybridized carbons (Fsp3) is 0.409. The van der Waals surface area contributed by atoms with Crippen molar-refractivity contribution in [3.8, 4) is 0 Å². The highest BCUT2D eigenvalue weighted by molar-refractivity contribution is 6.30. The molecule has 2 fully saturated rings. The van der Waals surface area contributed by atoms with Crippen molar-refractivity contribution < 1.29 is 4.79 Å². The maximum atomic E-state index is 12.7. The second-order valence-electron chi connectivity index (χ2n) is 8.20.